The van der Waals surface area contributed by atoms with Gasteiger partial charge in [0.05, 0.1) is 37.9 Å². The average molecular weight is 778 g/mol. The Hall–Kier alpha value is -2.16. The molecule has 1 rings (SSSR count). The Balaban J connectivity index is 2.62. The third-order valence-corrected chi connectivity index (χ3v) is 10.3. The molecule has 0 saturated heterocycles. The first-order valence-corrected chi connectivity index (χ1v) is 21.1. The molecule has 7 N–H and O–H groups in total. The first-order valence-electron chi connectivity index (χ1n) is 19.6. The van der Waals surface area contributed by atoms with Gasteiger partial charge in [0.15, 0.2) is 6.10 Å². The Morgan fingerprint density at radius 2 is 1.40 bits per heavy atom. The van der Waals surface area contributed by atoms with Crippen molar-refractivity contribution in [1.29, 1.82) is 0 Å². The zero-order chi connectivity index (χ0) is 39.5. The lowest BCUT2D eigenvalue weighted by Gasteiger charge is -2.20. The number of unbranched alkanes of at least 4 members (excludes halogenated alkanes) is 12. The molecule has 1 saturated carbocycles. The maximum atomic E-state index is 12.6. The summed E-state index contributed by atoms with van der Waals surface area (Å²) in [6.45, 7) is 2.33. The second-order valence-corrected chi connectivity index (χ2v) is 15.5. The molecular weight excluding hydrogens is 709 g/mol. The average Bonchev–Trinajstić information content (AvgIpc) is 3.38. The van der Waals surface area contributed by atoms with Crippen molar-refractivity contribution in [3.05, 3.63) is 24.3 Å². The van der Waals surface area contributed by atoms with Crippen molar-refractivity contribution in [1.82, 2.24) is 0 Å². The van der Waals surface area contributed by atoms with Crippen LogP contribution in [0.2, 0.25) is 0 Å². The van der Waals surface area contributed by atoms with Gasteiger partial charge in [0, 0.05) is 18.8 Å². The Morgan fingerprint density at radius 3 is 2.02 bits per heavy atom. The summed E-state index contributed by atoms with van der Waals surface area (Å²) in [5.74, 6) is -3.38. The molecule has 53 heavy (non-hydrogen) atoms. The minimum Gasteiger partial charge on any atom is -0.480 e. The lowest BCUT2D eigenvalue weighted by molar-refractivity contribution is -0.160. The van der Waals surface area contributed by atoms with E-state index in [1.165, 1.54) is 38.5 Å². The molecule has 1 fully saturated rings. The van der Waals surface area contributed by atoms with Crippen LogP contribution in [0.25, 0.3) is 0 Å². The van der Waals surface area contributed by atoms with Crippen molar-refractivity contribution >= 4 is 25.7 Å². The molecule has 0 amide bonds. The van der Waals surface area contributed by atoms with Crippen LogP contribution in [-0.2, 0) is 37.5 Å². The van der Waals surface area contributed by atoms with Gasteiger partial charge in [-0.25, -0.2) is 4.57 Å². The highest BCUT2D eigenvalue weighted by Gasteiger charge is 2.39. The number of aliphatic hydroxyl groups is 3. The molecule has 1 aliphatic rings. The van der Waals surface area contributed by atoms with Crippen molar-refractivity contribution in [2.24, 2.45) is 17.6 Å². The molecule has 1 aliphatic carbocycles. The fourth-order valence-corrected chi connectivity index (χ4v) is 6.87. The van der Waals surface area contributed by atoms with Crippen LogP contribution in [0.1, 0.15) is 136 Å². The van der Waals surface area contributed by atoms with Crippen LogP contribution in [-0.4, -0.2) is 93.5 Å². The summed E-state index contributed by atoms with van der Waals surface area (Å²) in [6, 6.07) is -1.56. The minimum absolute atomic E-state index is 0.0979. The van der Waals surface area contributed by atoms with Gasteiger partial charge in [-0.05, 0) is 25.2 Å². The number of ether oxygens (including phenoxy) is 2. The SMILES string of the molecule is CCCCCCCCCCCCCC(=O)O[C@H](COC(=O)C/C=C\C[C@H]1[C@@H](/C=C/[C@H](O)CCCCC)[C@H](O)C[C@@H]1O)COP(=O)(O)OC[C@H](N)C(=O)O. The number of aliphatic carboxylic acids is 1. The number of allylic oxidation sites excluding steroid dienone is 1. The number of aliphatic hydroxyl groups excluding tert-OH is 3. The molecule has 0 aromatic carbocycles. The van der Waals surface area contributed by atoms with Gasteiger partial charge in [0.1, 0.15) is 12.6 Å². The number of phosphoric ester groups is 1. The number of carbonyl (C=O) groups excluding carboxylic acids is 2. The molecule has 0 bridgehead atoms. The fraction of sp³-hybridized carbons (Fsp3) is 0.816. The van der Waals surface area contributed by atoms with E-state index in [1.807, 2.05) is 0 Å². The largest absolute Gasteiger partial charge is 0.480 e. The molecule has 14 nitrogen and oxygen atoms in total. The van der Waals surface area contributed by atoms with Gasteiger partial charge < -0.3 is 40.5 Å². The van der Waals surface area contributed by atoms with Crippen LogP contribution < -0.4 is 5.73 Å². The van der Waals surface area contributed by atoms with Gasteiger partial charge in [0.2, 0.25) is 0 Å². The third kappa shape index (κ3) is 24.1. The third-order valence-electron chi connectivity index (χ3n) is 9.31. The number of esters is 2. The summed E-state index contributed by atoms with van der Waals surface area (Å²) in [5, 5.41) is 40.1. The van der Waals surface area contributed by atoms with E-state index < -0.39 is 76.0 Å². The first-order chi connectivity index (χ1) is 25.3. The number of carbonyl (C=O) groups is 3. The highest BCUT2D eigenvalue weighted by Crippen LogP contribution is 2.43. The van der Waals surface area contributed by atoms with Gasteiger partial charge in [-0.2, -0.15) is 0 Å². The molecule has 15 heteroatoms. The molecule has 0 aliphatic heterocycles. The molecule has 308 valence electrons. The van der Waals surface area contributed by atoms with Crippen molar-refractivity contribution in [2.75, 3.05) is 19.8 Å². The van der Waals surface area contributed by atoms with E-state index in [2.05, 4.69) is 18.4 Å². The summed E-state index contributed by atoms with van der Waals surface area (Å²) >= 11 is 0. The Morgan fingerprint density at radius 1 is 0.811 bits per heavy atom. The molecule has 0 aromatic heterocycles. The van der Waals surface area contributed by atoms with E-state index in [0.29, 0.717) is 19.3 Å². The zero-order valence-electron chi connectivity index (χ0n) is 31.9. The lowest BCUT2D eigenvalue weighted by atomic mass is 9.89. The lowest BCUT2D eigenvalue weighted by Crippen LogP contribution is -2.34. The van der Waals surface area contributed by atoms with E-state index in [4.69, 9.17) is 24.8 Å². The number of hydrogen-bond acceptors (Lipinski definition) is 12. The van der Waals surface area contributed by atoms with Crippen LogP contribution >= 0.6 is 7.82 Å². The number of phosphoric acid groups is 1. The quantitative estimate of drug-likeness (QED) is 0.0203. The van der Waals surface area contributed by atoms with E-state index in [-0.39, 0.29) is 31.1 Å². The minimum atomic E-state index is -4.79. The maximum Gasteiger partial charge on any atom is 0.472 e. The van der Waals surface area contributed by atoms with E-state index in [0.717, 1.165) is 44.9 Å². The number of carboxylic acid groups (broad SMARTS) is 1. The van der Waals surface area contributed by atoms with Gasteiger partial charge in [-0.15, -0.1) is 0 Å². The Labute approximate surface area is 316 Å². The van der Waals surface area contributed by atoms with Crippen LogP contribution in [0.15, 0.2) is 24.3 Å². The Bertz CT molecular complexity index is 1120. The predicted molar refractivity (Wildman–Crippen MR) is 201 cm³/mol. The van der Waals surface area contributed by atoms with Crippen LogP contribution in [0.4, 0.5) is 0 Å². The molecule has 0 spiro atoms. The molecular formula is C38H68NO13P. The second kappa shape index (κ2) is 29.2. The monoisotopic (exact) mass is 777 g/mol. The van der Waals surface area contributed by atoms with E-state index in [1.54, 1.807) is 24.3 Å². The molecule has 0 heterocycles. The normalized spacial score (nSPS) is 21.8. The Kier molecular flexibility index (Phi) is 26.9. The summed E-state index contributed by atoms with van der Waals surface area (Å²) in [7, 11) is -4.79. The summed E-state index contributed by atoms with van der Waals surface area (Å²) < 4.78 is 32.5. The summed E-state index contributed by atoms with van der Waals surface area (Å²) in [6.07, 6.45) is 19.6. The van der Waals surface area contributed by atoms with Gasteiger partial charge in [0.25, 0.3) is 0 Å². The number of carboxylic acids is 1. The highest BCUT2D eigenvalue weighted by atomic mass is 31.2. The molecule has 8 atom stereocenters. The summed E-state index contributed by atoms with van der Waals surface area (Å²) in [4.78, 5) is 46.0. The van der Waals surface area contributed by atoms with E-state index in [9.17, 15) is 39.2 Å². The first kappa shape index (κ1) is 48.9. The molecule has 1 unspecified atom stereocenters. The number of hydrogen-bond donors (Lipinski definition) is 6. The van der Waals surface area contributed by atoms with Gasteiger partial charge in [-0.3, -0.25) is 23.4 Å². The zero-order valence-corrected chi connectivity index (χ0v) is 32.8. The molecule has 0 radical (unpaired) electrons. The van der Waals surface area contributed by atoms with Crippen LogP contribution in [0, 0.1) is 11.8 Å². The van der Waals surface area contributed by atoms with Crippen LogP contribution in [0.5, 0.6) is 0 Å². The molecule has 0 aromatic rings. The van der Waals surface area contributed by atoms with Gasteiger partial charge >= 0.3 is 25.7 Å². The van der Waals surface area contributed by atoms with Crippen LogP contribution in [0.3, 0.4) is 0 Å². The fourth-order valence-electron chi connectivity index (χ4n) is 6.10. The predicted octanol–water partition coefficient (Wildman–Crippen LogP) is 5.88. The smallest absolute Gasteiger partial charge is 0.472 e. The maximum absolute atomic E-state index is 12.6. The van der Waals surface area contributed by atoms with Gasteiger partial charge in [-0.1, -0.05) is 122 Å². The van der Waals surface area contributed by atoms with Crippen molar-refractivity contribution in [2.45, 2.75) is 166 Å². The number of rotatable bonds is 32. The summed E-state index contributed by atoms with van der Waals surface area (Å²) in [5.41, 5.74) is 5.31. The van der Waals surface area contributed by atoms with Crippen molar-refractivity contribution in [3.8, 4) is 0 Å². The van der Waals surface area contributed by atoms with E-state index >= 15 is 0 Å². The van der Waals surface area contributed by atoms with Crippen molar-refractivity contribution in [3.63, 3.8) is 0 Å². The standard InChI is InChI=1S/C38H68NO13P/c1-3-5-7-8-9-10-11-12-13-14-16-22-37(44)52-30(27-50-53(47,48)51-28-33(39)38(45)46)26-49-36(43)21-18-17-20-31-32(35(42)25-34(31)41)24-23-29(40)19-15-6-4-2/h17-18,23-24,29-35,40-42H,3-16,19-22,25-28,39H2,1-2H3,(H,45,46)(H,47,48)/b18-17-,24-23+/t29-,30-,31+,32-,33+,34+,35-/m1/s1. The second-order valence-electron chi connectivity index (χ2n) is 14.1. The van der Waals surface area contributed by atoms with Crippen molar-refractivity contribution < 1.29 is 62.8 Å². The highest BCUT2D eigenvalue weighted by molar-refractivity contribution is 7.47. The topological polar surface area (TPSA) is 232 Å². The number of nitrogens with two attached hydrogens (primary N) is 1.